The van der Waals surface area contributed by atoms with Crippen molar-refractivity contribution in [1.82, 2.24) is 10.3 Å². The summed E-state index contributed by atoms with van der Waals surface area (Å²) in [4.78, 5) is 11.3. The molecule has 0 aromatic carbocycles. The molecule has 1 aliphatic rings. The molecule has 0 unspecified atom stereocenters. The van der Waals surface area contributed by atoms with E-state index in [0.29, 0.717) is 0 Å². The third kappa shape index (κ3) is 2.57. The summed E-state index contributed by atoms with van der Waals surface area (Å²) in [6.45, 7) is 8.15. The highest BCUT2D eigenvalue weighted by Crippen LogP contribution is 2.17. The van der Waals surface area contributed by atoms with Crippen LogP contribution in [0.4, 0.5) is 5.82 Å². The molecule has 17 heavy (non-hydrogen) atoms. The number of nitrogens with one attached hydrogen (secondary N) is 1. The Morgan fingerprint density at radius 3 is 2.82 bits per heavy atom. The topological polar surface area (TPSA) is 40.5 Å². The van der Waals surface area contributed by atoms with Crippen LogP contribution in [0.2, 0.25) is 0 Å². The maximum atomic E-state index is 4.55. The fourth-order valence-electron chi connectivity index (χ4n) is 2.07. The molecule has 1 aromatic heterocycles. The number of aromatic nitrogens is 1. The van der Waals surface area contributed by atoms with E-state index < -0.39 is 0 Å². The second-order valence-electron chi connectivity index (χ2n) is 4.06. The third-order valence-electron chi connectivity index (χ3n) is 3.00. The van der Waals surface area contributed by atoms with Crippen molar-refractivity contribution in [3.63, 3.8) is 0 Å². The monoisotopic (exact) mass is 232 g/mol. The van der Waals surface area contributed by atoms with Gasteiger partial charge in [-0.3, -0.25) is 4.99 Å². The SMILES string of the molecule is CCN(CC)c1ncccc1C1=NCCCN1. The number of anilines is 1. The van der Waals surface area contributed by atoms with E-state index in [-0.39, 0.29) is 0 Å². The van der Waals surface area contributed by atoms with Crippen LogP contribution >= 0.6 is 0 Å². The maximum Gasteiger partial charge on any atom is 0.139 e. The fraction of sp³-hybridized carbons (Fsp3) is 0.538. The first kappa shape index (κ1) is 11.9. The standard InChI is InChI=1S/C13H20N4/c1-3-17(4-2)13-11(7-5-8-16-13)12-14-9-6-10-15-12/h5,7-8H,3-4,6,9-10H2,1-2H3,(H,14,15). The van der Waals surface area contributed by atoms with Gasteiger partial charge in [0, 0.05) is 32.4 Å². The highest BCUT2D eigenvalue weighted by molar-refractivity contribution is 6.03. The first-order valence-electron chi connectivity index (χ1n) is 6.35. The minimum Gasteiger partial charge on any atom is -0.370 e. The molecule has 1 N–H and O–H groups in total. The molecule has 92 valence electrons. The number of hydrogen-bond acceptors (Lipinski definition) is 4. The van der Waals surface area contributed by atoms with Crippen LogP contribution in [0.3, 0.4) is 0 Å². The Balaban J connectivity index is 2.35. The van der Waals surface area contributed by atoms with Crippen molar-refractivity contribution in [2.75, 3.05) is 31.1 Å². The lowest BCUT2D eigenvalue weighted by Crippen LogP contribution is -2.33. The molecule has 0 radical (unpaired) electrons. The lowest BCUT2D eigenvalue weighted by molar-refractivity contribution is 0.741. The lowest BCUT2D eigenvalue weighted by atomic mass is 10.2. The molecule has 1 aliphatic heterocycles. The van der Waals surface area contributed by atoms with Gasteiger partial charge < -0.3 is 10.2 Å². The average molecular weight is 232 g/mol. The summed E-state index contributed by atoms with van der Waals surface area (Å²) in [6.07, 6.45) is 2.96. The highest BCUT2D eigenvalue weighted by atomic mass is 15.2. The minimum absolute atomic E-state index is 0.912. The molecule has 0 amide bonds. The van der Waals surface area contributed by atoms with Gasteiger partial charge in [-0.2, -0.15) is 0 Å². The van der Waals surface area contributed by atoms with Gasteiger partial charge in [0.05, 0.1) is 5.56 Å². The summed E-state index contributed by atoms with van der Waals surface area (Å²) in [5.41, 5.74) is 1.12. The van der Waals surface area contributed by atoms with Gasteiger partial charge in [-0.15, -0.1) is 0 Å². The average Bonchev–Trinajstić information content (AvgIpc) is 2.42. The van der Waals surface area contributed by atoms with Crippen molar-refractivity contribution in [3.05, 3.63) is 23.9 Å². The van der Waals surface area contributed by atoms with Crippen molar-refractivity contribution in [1.29, 1.82) is 0 Å². The minimum atomic E-state index is 0.912. The number of pyridine rings is 1. The second kappa shape index (κ2) is 5.66. The molecule has 4 nitrogen and oxygen atoms in total. The molecule has 0 bridgehead atoms. The predicted molar refractivity (Wildman–Crippen MR) is 71.8 cm³/mol. The molecule has 0 atom stereocenters. The van der Waals surface area contributed by atoms with Crippen LogP contribution in [0.1, 0.15) is 25.8 Å². The van der Waals surface area contributed by atoms with Crippen molar-refractivity contribution in [3.8, 4) is 0 Å². The van der Waals surface area contributed by atoms with Crippen LogP contribution in [0.5, 0.6) is 0 Å². The van der Waals surface area contributed by atoms with Crippen LogP contribution in [0.25, 0.3) is 0 Å². The smallest absolute Gasteiger partial charge is 0.139 e. The molecule has 0 spiro atoms. The lowest BCUT2D eigenvalue weighted by Gasteiger charge is -2.24. The van der Waals surface area contributed by atoms with Gasteiger partial charge in [0.25, 0.3) is 0 Å². The molecule has 2 heterocycles. The van der Waals surface area contributed by atoms with Gasteiger partial charge in [0.15, 0.2) is 0 Å². The number of rotatable bonds is 4. The normalized spacial score (nSPS) is 15.1. The van der Waals surface area contributed by atoms with E-state index in [1.807, 2.05) is 12.3 Å². The van der Waals surface area contributed by atoms with E-state index in [2.05, 4.69) is 40.1 Å². The van der Waals surface area contributed by atoms with E-state index in [4.69, 9.17) is 0 Å². The summed E-state index contributed by atoms with van der Waals surface area (Å²) in [5.74, 6) is 2.02. The van der Waals surface area contributed by atoms with Crippen molar-refractivity contribution in [2.24, 2.45) is 4.99 Å². The van der Waals surface area contributed by atoms with Crippen molar-refractivity contribution >= 4 is 11.7 Å². The van der Waals surface area contributed by atoms with Gasteiger partial charge >= 0.3 is 0 Å². The Morgan fingerprint density at radius 1 is 1.35 bits per heavy atom. The first-order chi connectivity index (χ1) is 8.36. The summed E-state index contributed by atoms with van der Waals surface area (Å²) < 4.78 is 0. The van der Waals surface area contributed by atoms with E-state index in [1.54, 1.807) is 0 Å². The molecule has 2 rings (SSSR count). The Morgan fingerprint density at radius 2 is 2.18 bits per heavy atom. The third-order valence-corrected chi connectivity index (χ3v) is 3.00. The molecule has 1 aromatic rings. The van der Waals surface area contributed by atoms with Crippen LogP contribution in [-0.4, -0.2) is 37.0 Å². The quantitative estimate of drug-likeness (QED) is 0.858. The number of aliphatic imine (C=N–C) groups is 1. The maximum absolute atomic E-state index is 4.55. The molecule has 0 saturated carbocycles. The zero-order chi connectivity index (χ0) is 12.1. The first-order valence-corrected chi connectivity index (χ1v) is 6.35. The number of hydrogen-bond donors (Lipinski definition) is 1. The van der Waals surface area contributed by atoms with E-state index in [9.17, 15) is 0 Å². The number of amidine groups is 1. The predicted octanol–water partition coefficient (Wildman–Crippen LogP) is 1.67. The van der Waals surface area contributed by atoms with Crippen LogP contribution in [0.15, 0.2) is 23.3 Å². The molecular weight excluding hydrogens is 212 g/mol. The van der Waals surface area contributed by atoms with Crippen molar-refractivity contribution in [2.45, 2.75) is 20.3 Å². The summed E-state index contributed by atoms with van der Waals surface area (Å²) in [5, 5.41) is 3.36. The molecular formula is C13H20N4. The van der Waals surface area contributed by atoms with Gasteiger partial charge in [-0.05, 0) is 32.4 Å². The van der Waals surface area contributed by atoms with E-state index in [1.165, 1.54) is 0 Å². The summed E-state index contributed by atoms with van der Waals surface area (Å²) in [6, 6.07) is 4.07. The molecule has 0 aliphatic carbocycles. The fourth-order valence-corrected chi connectivity index (χ4v) is 2.07. The number of nitrogens with zero attached hydrogens (tertiary/aromatic N) is 3. The van der Waals surface area contributed by atoms with Crippen LogP contribution < -0.4 is 10.2 Å². The zero-order valence-electron chi connectivity index (χ0n) is 10.6. The highest BCUT2D eigenvalue weighted by Gasteiger charge is 2.15. The van der Waals surface area contributed by atoms with Gasteiger partial charge in [-0.1, -0.05) is 0 Å². The van der Waals surface area contributed by atoms with Gasteiger partial charge in [0.1, 0.15) is 11.7 Å². The van der Waals surface area contributed by atoms with Gasteiger partial charge in [-0.25, -0.2) is 4.98 Å². The Bertz CT molecular complexity index is 396. The van der Waals surface area contributed by atoms with E-state index in [0.717, 1.165) is 49.8 Å². The van der Waals surface area contributed by atoms with E-state index >= 15 is 0 Å². The molecule has 4 heteroatoms. The second-order valence-corrected chi connectivity index (χ2v) is 4.06. The molecule has 0 fully saturated rings. The molecule has 0 saturated heterocycles. The Labute approximate surface area is 103 Å². The summed E-state index contributed by atoms with van der Waals surface area (Å²) >= 11 is 0. The van der Waals surface area contributed by atoms with Crippen LogP contribution in [0, 0.1) is 0 Å². The Hall–Kier alpha value is -1.58. The largest absolute Gasteiger partial charge is 0.370 e. The van der Waals surface area contributed by atoms with Crippen LogP contribution in [-0.2, 0) is 0 Å². The Kier molecular flexibility index (Phi) is 3.96. The zero-order valence-corrected chi connectivity index (χ0v) is 10.6. The van der Waals surface area contributed by atoms with Gasteiger partial charge in [0.2, 0.25) is 0 Å². The summed E-state index contributed by atoms with van der Waals surface area (Å²) in [7, 11) is 0. The van der Waals surface area contributed by atoms with Crippen molar-refractivity contribution < 1.29 is 0 Å².